The fourth-order valence-electron chi connectivity index (χ4n) is 3.93. The summed E-state index contributed by atoms with van der Waals surface area (Å²) < 4.78 is 6.15. The minimum absolute atomic E-state index is 0.525. The Kier molecular flexibility index (Phi) is 6.35. The van der Waals surface area contributed by atoms with E-state index >= 15 is 0 Å². The van der Waals surface area contributed by atoms with E-state index in [2.05, 4.69) is 40.3 Å². The van der Waals surface area contributed by atoms with Crippen LogP contribution < -0.4 is 16.3 Å². The van der Waals surface area contributed by atoms with Gasteiger partial charge in [-0.15, -0.1) is 11.8 Å². The third-order valence-electron chi connectivity index (χ3n) is 5.60. The van der Waals surface area contributed by atoms with Crippen molar-refractivity contribution in [3.63, 3.8) is 0 Å². The number of benzene rings is 2. The molecule has 0 aliphatic heterocycles. The number of nitrogens with one attached hydrogen (secondary N) is 1. The van der Waals surface area contributed by atoms with Crippen molar-refractivity contribution in [1.82, 2.24) is 15.0 Å². The molecule has 2 aromatic carbocycles. The number of H-pyrrole nitrogens is 1. The molecule has 5 rings (SSSR count). The lowest BCUT2D eigenvalue weighted by Crippen LogP contribution is -2.27. The van der Waals surface area contributed by atoms with Crippen LogP contribution in [-0.4, -0.2) is 33.4 Å². The second-order valence-electron chi connectivity index (χ2n) is 8.16. The molecule has 0 bridgehead atoms. The number of aromatic amines is 1. The number of hydrogen-bond acceptors (Lipinski definition) is 6. The van der Waals surface area contributed by atoms with Crippen molar-refractivity contribution in [2.75, 3.05) is 13.2 Å². The van der Waals surface area contributed by atoms with Gasteiger partial charge in [0, 0.05) is 52.5 Å². The zero-order chi connectivity index (χ0) is 22.8. The van der Waals surface area contributed by atoms with E-state index in [0.29, 0.717) is 18.2 Å². The summed E-state index contributed by atoms with van der Waals surface area (Å²) in [6, 6.07) is 14.9. The first kappa shape index (κ1) is 21.9. The van der Waals surface area contributed by atoms with Gasteiger partial charge in [-0.1, -0.05) is 23.7 Å². The predicted octanol–water partition coefficient (Wildman–Crippen LogP) is 5.67. The van der Waals surface area contributed by atoms with Crippen LogP contribution in [-0.2, 0) is 0 Å². The van der Waals surface area contributed by atoms with Crippen LogP contribution in [0.4, 0.5) is 0 Å². The number of halogens is 1. The van der Waals surface area contributed by atoms with Crippen molar-refractivity contribution in [2.24, 2.45) is 11.6 Å². The largest absolute Gasteiger partial charge is 0.491 e. The Morgan fingerprint density at radius 1 is 1.24 bits per heavy atom. The summed E-state index contributed by atoms with van der Waals surface area (Å²) in [5.74, 6) is 6.61. The van der Waals surface area contributed by atoms with E-state index in [1.54, 1.807) is 17.4 Å². The Labute approximate surface area is 201 Å². The summed E-state index contributed by atoms with van der Waals surface area (Å²) in [6.45, 7) is 1.17. The Morgan fingerprint density at radius 3 is 2.94 bits per heavy atom. The molecule has 1 saturated carbocycles. The van der Waals surface area contributed by atoms with E-state index in [1.807, 2.05) is 23.9 Å². The summed E-state index contributed by atoms with van der Waals surface area (Å²) in [7, 11) is 0. The lowest BCUT2D eigenvalue weighted by molar-refractivity contribution is 0.281. The van der Waals surface area contributed by atoms with E-state index in [0.717, 1.165) is 44.9 Å². The van der Waals surface area contributed by atoms with Crippen molar-refractivity contribution in [3.05, 3.63) is 66.1 Å². The van der Waals surface area contributed by atoms with Crippen LogP contribution in [0.3, 0.4) is 0 Å². The maximum atomic E-state index is 6.32. The maximum absolute atomic E-state index is 6.32. The zero-order valence-corrected chi connectivity index (χ0v) is 19.7. The van der Waals surface area contributed by atoms with Crippen LogP contribution in [0.2, 0.25) is 5.02 Å². The molecule has 0 amide bonds. The Hall–Kier alpha value is -2.87. The Bertz CT molecular complexity index is 1320. The van der Waals surface area contributed by atoms with Gasteiger partial charge in [-0.05, 0) is 54.3 Å². The molecule has 0 radical (unpaired) electrons. The highest BCUT2D eigenvalue weighted by atomic mass is 35.5. The van der Waals surface area contributed by atoms with E-state index < -0.39 is 0 Å². The first-order chi connectivity index (χ1) is 16.1. The number of hydrazine groups is 1. The number of nitrogens with zero attached hydrogens (tertiary/aromatic N) is 2. The molecular formula is C25H26ClN5OS. The molecule has 0 spiro atoms. The number of aromatic nitrogens is 2. The molecule has 0 atom stereocenters. The first-order valence-corrected chi connectivity index (χ1v) is 12.3. The summed E-state index contributed by atoms with van der Waals surface area (Å²) in [5, 5.41) is 4.97. The van der Waals surface area contributed by atoms with E-state index in [1.165, 1.54) is 29.5 Å². The Morgan fingerprint density at radius 2 is 2.12 bits per heavy atom. The van der Waals surface area contributed by atoms with Crippen LogP contribution in [0.25, 0.3) is 33.1 Å². The van der Waals surface area contributed by atoms with Crippen molar-refractivity contribution in [1.29, 1.82) is 0 Å². The van der Waals surface area contributed by atoms with Gasteiger partial charge in [0.05, 0.1) is 17.1 Å². The number of nitrogens with two attached hydrogens (primary N) is 2. The molecule has 5 N–H and O–H groups in total. The van der Waals surface area contributed by atoms with E-state index in [4.69, 9.17) is 27.9 Å². The monoisotopic (exact) mass is 479 g/mol. The number of pyridine rings is 1. The fraction of sp³-hybridized carbons (Fsp3) is 0.240. The molecule has 33 heavy (non-hydrogen) atoms. The van der Waals surface area contributed by atoms with Gasteiger partial charge in [0.15, 0.2) is 0 Å². The van der Waals surface area contributed by atoms with Crippen LogP contribution >= 0.6 is 23.4 Å². The predicted molar refractivity (Wildman–Crippen MR) is 137 cm³/mol. The summed E-state index contributed by atoms with van der Waals surface area (Å²) >= 11 is 8.28. The van der Waals surface area contributed by atoms with Gasteiger partial charge in [-0.3, -0.25) is 0 Å². The first-order valence-electron chi connectivity index (χ1n) is 11.0. The SMILES string of the molecule is N/C=C\N(N)CCCOc1ccc(-c2cccc(SC3CC3)c2)c2c1[nH]c1ncc(Cl)cc12. The van der Waals surface area contributed by atoms with E-state index in [9.17, 15) is 0 Å². The highest BCUT2D eigenvalue weighted by Crippen LogP contribution is 2.43. The molecule has 0 unspecified atom stereocenters. The lowest BCUT2D eigenvalue weighted by Gasteiger charge is -2.14. The number of fused-ring (bicyclic) bond motifs is 3. The molecule has 170 valence electrons. The number of thioether (sulfide) groups is 1. The summed E-state index contributed by atoms with van der Waals surface area (Å²) in [4.78, 5) is 9.26. The third kappa shape index (κ3) is 4.90. The molecule has 2 heterocycles. The average Bonchev–Trinajstić information content (AvgIpc) is 3.54. The Balaban J connectivity index is 1.51. The summed E-state index contributed by atoms with van der Waals surface area (Å²) in [6.07, 6.45) is 8.09. The van der Waals surface area contributed by atoms with Gasteiger partial charge in [0.25, 0.3) is 0 Å². The van der Waals surface area contributed by atoms with Gasteiger partial charge in [0.1, 0.15) is 11.4 Å². The van der Waals surface area contributed by atoms with Gasteiger partial charge in [-0.2, -0.15) is 0 Å². The molecular weight excluding hydrogens is 454 g/mol. The zero-order valence-electron chi connectivity index (χ0n) is 18.1. The number of hydrogen-bond donors (Lipinski definition) is 3. The minimum atomic E-state index is 0.525. The lowest BCUT2D eigenvalue weighted by atomic mass is 9.99. The van der Waals surface area contributed by atoms with E-state index in [-0.39, 0.29) is 0 Å². The third-order valence-corrected chi connectivity index (χ3v) is 7.14. The molecule has 8 heteroatoms. The van der Waals surface area contributed by atoms with Crippen LogP contribution in [0.15, 0.2) is 66.0 Å². The van der Waals surface area contributed by atoms with Gasteiger partial charge in [0.2, 0.25) is 0 Å². The molecule has 0 saturated heterocycles. The molecule has 6 nitrogen and oxygen atoms in total. The molecule has 1 fully saturated rings. The molecule has 2 aromatic heterocycles. The molecule has 1 aliphatic carbocycles. The highest BCUT2D eigenvalue weighted by molar-refractivity contribution is 8.00. The van der Waals surface area contributed by atoms with Gasteiger partial charge in [-0.25, -0.2) is 10.8 Å². The van der Waals surface area contributed by atoms with Crippen LogP contribution in [0, 0.1) is 0 Å². The second kappa shape index (κ2) is 9.55. The minimum Gasteiger partial charge on any atom is -0.491 e. The molecule has 4 aromatic rings. The van der Waals surface area contributed by atoms with Crippen molar-refractivity contribution < 1.29 is 4.74 Å². The molecule has 1 aliphatic rings. The second-order valence-corrected chi connectivity index (χ2v) is 9.97. The summed E-state index contributed by atoms with van der Waals surface area (Å²) in [5.41, 5.74) is 9.39. The van der Waals surface area contributed by atoms with Crippen LogP contribution in [0.1, 0.15) is 19.3 Å². The topological polar surface area (TPSA) is 93.2 Å². The van der Waals surface area contributed by atoms with Crippen LogP contribution in [0.5, 0.6) is 5.75 Å². The van der Waals surface area contributed by atoms with Crippen molar-refractivity contribution >= 4 is 45.3 Å². The maximum Gasteiger partial charge on any atom is 0.143 e. The smallest absolute Gasteiger partial charge is 0.143 e. The van der Waals surface area contributed by atoms with Gasteiger partial charge >= 0.3 is 0 Å². The number of rotatable bonds is 9. The normalized spacial score (nSPS) is 13.9. The highest BCUT2D eigenvalue weighted by Gasteiger charge is 2.23. The average molecular weight is 480 g/mol. The van der Waals surface area contributed by atoms with Crippen molar-refractivity contribution in [3.8, 4) is 16.9 Å². The quantitative estimate of drug-likeness (QED) is 0.163. The number of ether oxygens (including phenoxy) is 1. The fourth-order valence-corrected chi connectivity index (χ4v) is 5.19. The standard InChI is InChI=1S/C25H26ClN5OS/c26-17-14-21-23-20(16-3-1-4-19(13-16)33-18-5-6-18)7-8-22(24(23)30-25(21)29-15-17)32-12-2-10-31(28)11-9-27/h1,3-4,7-9,11,13-15,18H,2,5-6,10,12,27-28H2,(H,29,30)/b11-9-. The van der Waals surface area contributed by atoms with Crippen molar-refractivity contribution in [2.45, 2.75) is 29.4 Å². The van der Waals surface area contributed by atoms with Gasteiger partial charge < -0.3 is 20.5 Å².